The normalized spacial score (nSPS) is 20.9. The van der Waals surface area contributed by atoms with Crippen LogP contribution in [0.2, 0.25) is 0 Å². The van der Waals surface area contributed by atoms with Gasteiger partial charge in [0.2, 0.25) is 0 Å². The molecule has 0 atom stereocenters. The Labute approximate surface area is 195 Å². The van der Waals surface area contributed by atoms with E-state index in [-0.39, 0.29) is 11.2 Å². The van der Waals surface area contributed by atoms with Crippen LogP contribution in [0.15, 0.2) is 60.7 Å². The van der Waals surface area contributed by atoms with Gasteiger partial charge in [0.05, 0.1) is 12.0 Å². The minimum absolute atomic E-state index is 0.0265. The zero-order valence-electron chi connectivity index (χ0n) is 19.2. The topological polar surface area (TPSA) is 61.8 Å². The molecule has 33 heavy (non-hydrogen) atoms. The van der Waals surface area contributed by atoms with E-state index < -0.39 is 11.4 Å². The first-order chi connectivity index (χ1) is 16.0. The number of piperidine rings is 1. The van der Waals surface area contributed by atoms with Gasteiger partial charge in [-0.1, -0.05) is 48.5 Å². The van der Waals surface area contributed by atoms with Crippen LogP contribution in [-0.4, -0.2) is 54.8 Å². The number of hydrogen-bond donors (Lipinski definition) is 2. The second-order valence-electron chi connectivity index (χ2n) is 9.89. The summed E-state index contributed by atoms with van der Waals surface area (Å²) in [6.07, 6.45) is 5.94. The average Bonchev–Trinajstić information content (AvgIpc) is 3.77. The molecule has 5 rings (SSSR count). The molecule has 3 fully saturated rings. The van der Waals surface area contributed by atoms with Crippen LogP contribution >= 0.6 is 0 Å². The van der Waals surface area contributed by atoms with Crippen LogP contribution < -0.4 is 10.1 Å². The van der Waals surface area contributed by atoms with Crippen LogP contribution in [0.3, 0.4) is 0 Å². The number of para-hydroxylation sites is 1. The third-order valence-electron chi connectivity index (χ3n) is 7.13. The highest BCUT2D eigenvalue weighted by atomic mass is 19.1. The summed E-state index contributed by atoms with van der Waals surface area (Å²) in [5.74, 6) is -0.663. The summed E-state index contributed by atoms with van der Waals surface area (Å²) in [6.45, 7) is 3.78. The van der Waals surface area contributed by atoms with Gasteiger partial charge >= 0.3 is 5.97 Å². The van der Waals surface area contributed by atoms with Gasteiger partial charge in [0.1, 0.15) is 0 Å². The number of ether oxygens (including phenoxy) is 1. The lowest BCUT2D eigenvalue weighted by molar-refractivity contribution is -0.144. The second kappa shape index (κ2) is 10.7. The lowest BCUT2D eigenvalue weighted by Gasteiger charge is -2.42. The number of carbonyl (C=O) groups is 1. The SMILES string of the molecule is O=C(O)C1(CN2CCC(CNC3CC3)(COc3ccccc3F)CC2)CC1.c1ccccc1. The van der Waals surface area contributed by atoms with E-state index in [1.807, 2.05) is 36.4 Å². The number of carboxylic acid groups (broad SMARTS) is 1. The number of likely N-dealkylation sites (tertiary alicyclic amines) is 1. The molecule has 0 bridgehead atoms. The van der Waals surface area contributed by atoms with Crippen molar-refractivity contribution in [2.45, 2.75) is 44.6 Å². The third-order valence-corrected chi connectivity index (χ3v) is 7.13. The van der Waals surface area contributed by atoms with E-state index in [0.717, 1.165) is 45.3 Å². The monoisotopic (exact) mass is 454 g/mol. The average molecular weight is 455 g/mol. The first-order valence-electron chi connectivity index (χ1n) is 12.1. The molecule has 0 spiro atoms. The number of rotatable bonds is 9. The summed E-state index contributed by atoms with van der Waals surface area (Å²) in [4.78, 5) is 13.8. The Morgan fingerprint density at radius 1 is 1.00 bits per heavy atom. The highest BCUT2D eigenvalue weighted by Crippen LogP contribution is 2.47. The molecule has 2 N–H and O–H groups in total. The van der Waals surface area contributed by atoms with Gasteiger partial charge in [-0.05, 0) is 63.7 Å². The quantitative estimate of drug-likeness (QED) is 0.580. The predicted molar refractivity (Wildman–Crippen MR) is 127 cm³/mol. The standard InChI is InChI=1S/C21H29FN2O3.C6H6/c22-17-3-1-2-4-18(17)27-15-20(13-23-16-5-6-16)9-11-24(12-10-20)14-21(7-8-21)19(25)26;1-2-4-6-5-3-1/h1-4,16,23H,5-15H2,(H,25,26);1-6H. The van der Waals surface area contributed by atoms with Crippen molar-refractivity contribution >= 4 is 5.97 Å². The smallest absolute Gasteiger partial charge is 0.310 e. The fraction of sp³-hybridized carbons (Fsp3) is 0.519. The van der Waals surface area contributed by atoms with Crippen molar-refractivity contribution in [1.82, 2.24) is 10.2 Å². The molecule has 3 aliphatic rings. The van der Waals surface area contributed by atoms with Crippen molar-refractivity contribution in [2.24, 2.45) is 10.8 Å². The number of halogens is 1. The van der Waals surface area contributed by atoms with Gasteiger partial charge in [-0.15, -0.1) is 0 Å². The highest BCUT2D eigenvalue weighted by Gasteiger charge is 2.52. The molecule has 1 saturated heterocycles. The number of hydrogen-bond acceptors (Lipinski definition) is 4. The van der Waals surface area contributed by atoms with Gasteiger partial charge in [-0.25, -0.2) is 4.39 Å². The summed E-state index contributed by atoms with van der Waals surface area (Å²) in [7, 11) is 0. The number of aliphatic carboxylic acids is 1. The molecule has 2 saturated carbocycles. The van der Waals surface area contributed by atoms with E-state index >= 15 is 0 Å². The molecule has 2 aromatic carbocycles. The number of nitrogens with one attached hydrogen (secondary N) is 1. The largest absolute Gasteiger partial charge is 0.490 e. The van der Waals surface area contributed by atoms with Crippen molar-refractivity contribution < 1.29 is 19.0 Å². The summed E-state index contributed by atoms with van der Waals surface area (Å²) in [6, 6.07) is 19.2. The van der Waals surface area contributed by atoms with Gasteiger partial charge in [0, 0.05) is 24.5 Å². The molecule has 1 aliphatic heterocycles. The lowest BCUT2D eigenvalue weighted by Crippen LogP contribution is -2.50. The van der Waals surface area contributed by atoms with E-state index in [9.17, 15) is 14.3 Å². The van der Waals surface area contributed by atoms with Crippen molar-refractivity contribution in [3.05, 3.63) is 66.5 Å². The van der Waals surface area contributed by atoms with Crippen LogP contribution in [0.1, 0.15) is 38.5 Å². The Morgan fingerprint density at radius 3 is 2.12 bits per heavy atom. The molecule has 0 amide bonds. The molecule has 1 heterocycles. The summed E-state index contributed by atoms with van der Waals surface area (Å²) in [5, 5.41) is 13.1. The van der Waals surface area contributed by atoms with E-state index in [1.165, 1.54) is 18.9 Å². The first-order valence-corrected chi connectivity index (χ1v) is 12.1. The minimum Gasteiger partial charge on any atom is -0.490 e. The highest BCUT2D eigenvalue weighted by molar-refractivity contribution is 5.78. The number of carboxylic acids is 1. The van der Waals surface area contributed by atoms with Crippen LogP contribution in [0.4, 0.5) is 4.39 Å². The molecular formula is C27H35FN2O3. The van der Waals surface area contributed by atoms with Crippen molar-refractivity contribution in [3.63, 3.8) is 0 Å². The molecule has 2 aliphatic carbocycles. The molecule has 178 valence electrons. The zero-order chi connectivity index (χ0) is 23.2. The van der Waals surface area contributed by atoms with E-state index in [1.54, 1.807) is 18.2 Å². The van der Waals surface area contributed by atoms with Gasteiger partial charge in [-0.3, -0.25) is 4.79 Å². The fourth-order valence-electron chi connectivity index (χ4n) is 4.40. The van der Waals surface area contributed by atoms with E-state index in [2.05, 4.69) is 10.2 Å². The van der Waals surface area contributed by atoms with E-state index in [0.29, 0.717) is 24.9 Å². The van der Waals surface area contributed by atoms with E-state index in [4.69, 9.17) is 4.74 Å². The number of benzene rings is 2. The summed E-state index contributed by atoms with van der Waals surface area (Å²) >= 11 is 0. The van der Waals surface area contributed by atoms with Crippen molar-refractivity contribution in [3.8, 4) is 5.75 Å². The van der Waals surface area contributed by atoms with Crippen molar-refractivity contribution in [1.29, 1.82) is 0 Å². The van der Waals surface area contributed by atoms with Gasteiger partial charge < -0.3 is 20.1 Å². The van der Waals surface area contributed by atoms with Gasteiger partial charge in [0.25, 0.3) is 0 Å². The van der Waals surface area contributed by atoms with Gasteiger partial charge in [0.15, 0.2) is 11.6 Å². The van der Waals surface area contributed by atoms with Crippen LogP contribution in [-0.2, 0) is 4.79 Å². The predicted octanol–water partition coefficient (Wildman–Crippen LogP) is 4.59. The Hall–Kier alpha value is -2.44. The molecule has 6 heteroatoms. The molecule has 0 radical (unpaired) electrons. The Balaban J connectivity index is 0.000000376. The third kappa shape index (κ3) is 6.78. The minimum atomic E-state index is -0.655. The second-order valence-corrected chi connectivity index (χ2v) is 9.89. The van der Waals surface area contributed by atoms with Crippen LogP contribution in [0, 0.1) is 16.6 Å². The lowest BCUT2D eigenvalue weighted by atomic mass is 9.78. The number of nitrogens with zero attached hydrogens (tertiary/aromatic N) is 1. The molecule has 0 aromatic heterocycles. The Morgan fingerprint density at radius 2 is 1.61 bits per heavy atom. The zero-order valence-corrected chi connectivity index (χ0v) is 19.2. The maximum absolute atomic E-state index is 13.9. The molecule has 5 nitrogen and oxygen atoms in total. The molecule has 0 unspecified atom stereocenters. The van der Waals surface area contributed by atoms with Gasteiger partial charge in [-0.2, -0.15) is 0 Å². The van der Waals surface area contributed by atoms with Crippen LogP contribution in [0.5, 0.6) is 5.75 Å². The van der Waals surface area contributed by atoms with Crippen LogP contribution in [0.25, 0.3) is 0 Å². The summed E-state index contributed by atoms with van der Waals surface area (Å²) in [5.41, 5.74) is -0.531. The fourth-order valence-corrected chi connectivity index (χ4v) is 4.40. The Kier molecular flexibility index (Phi) is 7.66. The Bertz CT molecular complexity index is 865. The van der Waals surface area contributed by atoms with Crippen molar-refractivity contribution in [2.75, 3.05) is 32.8 Å². The molecular weight excluding hydrogens is 419 g/mol. The summed E-state index contributed by atoms with van der Waals surface area (Å²) < 4.78 is 19.8. The first kappa shape index (κ1) is 23.7. The maximum Gasteiger partial charge on any atom is 0.310 e. The maximum atomic E-state index is 13.9. The molecule has 2 aromatic rings.